The second-order valence-electron chi connectivity index (χ2n) is 7.68. The summed E-state index contributed by atoms with van der Waals surface area (Å²) in [5.74, 6) is 5.95. The van der Waals surface area contributed by atoms with Crippen molar-refractivity contribution in [2.45, 2.75) is 63.5 Å². The minimum atomic E-state index is 0.137. The van der Waals surface area contributed by atoms with Gasteiger partial charge in [0.25, 0.3) is 0 Å². The Morgan fingerprint density at radius 2 is 1.62 bits per heavy atom. The largest absolute Gasteiger partial charge is 0.302 e. The summed E-state index contributed by atoms with van der Waals surface area (Å²) in [7, 11) is 4.36. The van der Waals surface area contributed by atoms with Crippen LogP contribution in [0, 0.1) is 0 Å². The first-order valence-electron chi connectivity index (χ1n) is 8.05. The van der Waals surface area contributed by atoms with Gasteiger partial charge < -0.3 is 4.90 Å². The average Bonchev–Trinajstić information content (AvgIpc) is 2.90. The van der Waals surface area contributed by atoms with E-state index in [-0.39, 0.29) is 17.0 Å². The average molecular weight is 289 g/mol. The van der Waals surface area contributed by atoms with E-state index in [2.05, 4.69) is 69.5 Å². The number of nitrogens with zero attached hydrogens (tertiary/aromatic N) is 1. The number of hydrazine groups is 1. The van der Waals surface area contributed by atoms with Crippen LogP contribution in [0.25, 0.3) is 0 Å². The molecule has 3 heteroatoms. The van der Waals surface area contributed by atoms with Gasteiger partial charge in [-0.15, -0.1) is 0 Å². The quantitative estimate of drug-likeness (QED) is 0.659. The summed E-state index contributed by atoms with van der Waals surface area (Å²) in [6.45, 7) is 6.75. The molecular weight excluding hydrogens is 258 g/mol. The van der Waals surface area contributed by atoms with Crippen LogP contribution in [0.15, 0.2) is 24.3 Å². The monoisotopic (exact) mass is 289 g/mol. The first kappa shape index (κ1) is 16.5. The smallest absolute Gasteiger partial charge is 0.0643 e. The third-order valence-electron chi connectivity index (χ3n) is 5.17. The van der Waals surface area contributed by atoms with Crippen LogP contribution < -0.4 is 11.3 Å². The molecule has 3 nitrogen and oxygen atoms in total. The second kappa shape index (κ2) is 6.07. The lowest BCUT2D eigenvalue weighted by molar-refractivity contribution is 0.105. The molecule has 1 aromatic carbocycles. The molecule has 0 heterocycles. The molecule has 0 aliphatic heterocycles. The van der Waals surface area contributed by atoms with Crippen LogP contribution in [-0.4, -0.2) is 24.5 Å². The third-order valence-corrected chi connectivity index (χ3v) is 5.17. The Kier molecular flexibility index (Phi) is 4.76. The minimum Gasteiger partial charge on any atom is -0.302 e. The predicted octanol–water partition coefficient (Wildman–Crippen LogP) is 3.36. The van der Waals surface area contributed by atoms with Gasteiger partial charge in [0.15, 0.2) is 0 Å². The van der Waals surface area contributed by atoms with Crippen LogP contribution in [0.2, 0.25) is 0 Å². The minimum absolute atomic E-state index is 0.137. The highest BCUT2D eigenvalue weighted by molar-refractivity contribution is 5.31. The molecule has 0 aromatic heterocycles. The summed E-state index contributed by atoms with van der Waals surface area (Å²) in [4.78, 5) is 2.36. The number of hydrogen-bond donors (Lipinski definition) is 2. The van der Waals surface area contributed by atoms with E-state index in [1.807, 2.05) is 0 Å². The molecule has 0 spiro atoms. The van der Waals surface area contributed by atoms with Crippen molar-refractivity contribution in [3.63, 3.8) is 0 Å². The molecule has 1 aliphatic carbocycles. The van der Waals surface area contributed by atoms with Gasteiger partial charge in [-0.1, -0.05) is 57.9 Å². The summed E-state index contributed by atoms with van der Waals surface area (Å²) in [5.41, 5.74) is 6.09. The molecule has 2 rings (SSSR count). The van der Waals surface area contributed by atoms with E-state index in [1.165, 1.54) is 36.8 Å². The van der Waals surface area contributed by atoms with Gasteiger partial charge in [-0.2, -0.15) is 0 Å². The molecule has 0 radical (unpaired) electrons. The molecular formula is C18H31N3. The number of nitrogens with two attached hydrogens (primary N) is 1. The Morgan fingerprint density at radius 1 is 1.10 bits per heavy atom. The zero-order valence-corrected chi connectivity index (χ0v) is 14.2. The summed E-state index contributed by atoms with van der Waals surface area (Å²) < 4.78 is 0. The topological polar surface area (TPSA) is 41.3 Å². The number of benzene rings is 1. The van der Waals surface area contributed by atoms with Crippen LogP contribution in [-0.2, 0) is 5.41 Å². The van der Waals surface area contributed by atoms with Gasteiger partial charge in [-0.05, 0) is 43.5 Å². The van der Waals surface area contributed by atoms with E-state index < -0.39 is 0 Å². The van der Waals surface area contributed by atoms with Crippen LogP contribution in [0.3, 0.4) is 0 Å². The zero-order valence-electron chi connectivity index (χ0n) is 14.2. The molecule has 21 heavy (non-hydrogen) atoms. The molecule has 1 atom stereocenters. The highest BCUT2D eigenvalue weighted by atomic mass is 15.3. The van der Waals surface area contributed by atoms with Crippen molar-refractivity contribution in [1.29, 1.82) is 0 Å². The van der Waals surface area contributed by atoms with Gasteiger partial charge in [0.05, 0.1) is 6.04 Å². The fourth-order valence-electron chi connectivity index (χ4n) is 3.72. The fourth-order valence-corrected chi connectivity index (χ4v) is 3.72. The number of hydrogen-bond acceptors (Lipinski definition) is 3. The molecule has 0 bridgehead atoms. The van der Waals surface area contributed by atoms with Crippen LogP contribution in [0.5, 0.6) is 0 Å². The molecule has 1 fully saturated rings. The maximum absolute atomic E-state index is 5.95. The second-order valence-corrected chi connectivity index (χ2v) is 7.68. The Balaban J connectivity index is 2.33. The Hall–Kier alpha value is -0.900. The van der Waals surface area contributed by atoms with E-state index in [0.717, 1.165) is 0 Å². The van der Waals surface area contributed by atoms with Crippen molar-refractivity contribution in [3.05, 3.63) is 35.4 Å². The predicted molar refractivity (Wildman–Crippen MR) is 90.1 cm³/mol. The summed E-state index contributed by atoms with van der Waals surface area (Å²) in [6.07, 6.45) is 4.98. The highest BCUT2D eigenvalue weighted by Gasteiger charge is 2.43. The molecule has 1 saturated carbocycles. The van der Waals surface area contributed by atoms with E-state index in [0.29, 0.717) is 0 Å². The number of likely N-dealkylation sites (N-methyl/N-ethyl adjacent to an activating group) is 1. The molecule has 3 N–H and O–H groups in total. The SMILES string of the molecule is CN(C)C1(C(NN)c2ccc(C(C)(C)C)cc2)CCCC1. The maximum Gasteiger partial charge on any atom is 0.0643 e. The van der Waals surface area contributed by atoms with Crippen molar-refractivity contribution < 1.29 is 0 Å². The van der Waals surface area contributed by atoms with Crippen molar-refractivity contribution in [1.82, 2.24) is 10.3 Å². The fraction of sp³-hybridized carbons (Fsp3) is 0.667. The Bertz CT molecular complexity index is 450. The van der Waals surface area contributed by atoms with Gasteiger partial charge in [0, 0.05) is 5.54 Å². The third kappa shape index (κ3) is 3.15. The molecule has 118 valence electrons. The number of rotatable bonds is 4. The van der Waals surface area contributed by atoms with Gasteiger partial charge in [0.2, 0.25) is 0 Å². The van der Waals surface area contributed by atoms with Crippen molar-refractivity contribution >= 4 is 0 Å². The summed E-state index contributed by atoms with van der Waals surface area (Å²) >= 11 is 0. The summed E-state index contributed by atoms with van der Waals surface area (Å²) in [5, 5.41) is 0. The Labute approximate surface area is 129 Å². The number of nitrogens with one attached hydrogen (secondary N) is 1. The van der Waals surface area contributed by atoms with Crippen LogP contribution >= 0.6 is 0 Å². The standard InChI is InChI=1S/C18H31N3/c1-17(2,3)15-10-8-14(9-11-15)16(20-19)18(21(4)5)12-6-7-13-18/h8-11,16,20H,6-7,12-13,19H2,1-5H3. The lowest BCUT2D eigenvalue weighted by atomic mass is 9.81. The van der Waals surface area contributed by atoms with E-state index in [1.54, 1.807) is 0 Å². The molecule has 0 amide bonds. The lowest BCUT2D eigenvalue weighted by Crippen LogP contribution is -2.53. The van der Waals surface area contributed by atoms with Crippen molar-refractivity contribution in [2.24, 2.45) is 5.84 Å². The van der Waals surface area contributed by atoms with Gasteiger partial charge >= 0.3 is 0 Å². The summed E-state index contributed by atoms with van der Waals surface area (Å²) in [6, 6.07) is 9.17. The molecule has 0 saturated heterocycles. The van der Waals surface area contributed by atoms with E-state index in [4.69, 9.17) is 5.84 Å². The molecule has 1 unspecified atom stereocenters. The van der Waals surface area contributed by atoms with Gasteiger partial charge in [-0.3, -0.25) is 11.3 Å². The first-order chi connectivity index (χ1) is 9.81. The maximum atomic E-state index is 5.95. The van der Waals surface area contributed by atoms with Gasteiger partial charge in [-0.25, -0.2) is 0 Å². The Morgan fingerprint density at radius 3 is 2.00 bits per heavy atom. The normalized spacial score (nSPS) is 20.0. The van der Waals surface area contributed by atoms with Crippen LogP contribution in [0.1, 0.15) is 63.6 Å². The van der Waals surface area contributed by atoms with E-state index in [9.17, 15) is 0 Å². The molecule has 1 aromatic rings. The zero-order chi connectivity index (χ0) is 15.7. The van der Waals surface area contributed by atoms with Gasteiger partial charge in [0.1, 0.15) is 0 Å². The van der Waals surface area contributed by atoms with Crippen molar-refractivity contribution in [3.8, 4) is 0 Å². The lowest BCUT2D eigenvalue weighted by Gasteiger charge is -2.43. The van der Waals surface area contributed by atoms with Crippen LogP contribution in [0.4, 0.5) is 0 Å². The molecule has 1 aliphatic rings. The van der Waals surface area contributed by atoms with Crippen molar-refractivity contribution in [2.75, 3.05) is 14.1 Å². The first-order valence-corrected chi connectivity index (χ1v) is 8.05. The van der Waals surface area contributed by atoms with E-state index >= 15 is 0 Å². The highest BCUT2D eigenvalue weighted by Crippen LogP contribution is 2.43.